The maximum atomic E-state index is 12.6. The van der Waals surface area contributed by atoms with Crippen LogP contribution in [-0.2, 0) is 19.4 Å². The quantitative estimate of drug-likeness (QED) is 0.575. The molecular formula is C27H28N2O4. The minimum atomic E-state index is -0.473. The first-order valence-electron chi connectivity index (χ1n) is 11.1. The number of benzene rings is 2. The number of rotatable bonds is 7. The first-order valence-corrected chi connectivity index (χ1v) is 11.1. The van der Waals surface area contributed by atoms with E-state index in [1.54, 1.807) is 0 Å². The van der Waals surface area contributed by atoms with Crippen molar-refractivity contribution in [1.29, 1.82) is 0 Å². The van der Waals surface area contributed by atoms with Gasteiger partial charge >= 0.3 is 0 Å². The predicted molar refractivity (Wildman–Crippen MR) is 127 cm³/mol. The summed E-state index contributed by atoms with van der Waals surface area (Å²) in [5, 5.41) is 2.79. The minimum Gasteiger partial charge on any atom is -0.489 e. The summed E-state index contributed by atoms with van der Waals surface area (Å²) in [5.74, 6) is 0.265. The number of nitrogens with one attached hydrogen (secondary N) is 2. The first kappa shape index (κ1) is 22.5. The zero-order valence-electron chi connectivity index (χ0n) is 18.9. The number of ketones is 1. The molecule has 1 aromatic heterocycles. The lowest BCUT2D eigenvalue weighted by atomic mass is 9.75. The van der Waals surface area contributed by atoms with Crippen LogP contribution in [0.3, 0.4) is 0 Å². The van der Waals surface area contributed by atoms with Gasteiger partial charge in [-0.15, -0.1) is 0 Å². The number of aromatic amines is 1. The van der Waals surface area contributed by atoms with Gasteiger partial charge < -0.3 is 15.0 Å². The molecule has 170 valence electrons. The lowest BCUT2D eigenvalue weighted by molar-refractivity contribution is 0.0910. The Kier molecular flexibility index (Phi) is 6.45. The third-order valence-electron chi connectivity index (χ3n) is 5.83. The summed E-state index contributed by atoms with van der Waals surface area (Å²) in [6.45, 7) is 4.87. The number of pyridine rings is 1. The molecule has 1 amide bonds. The molecule has 0 fully saturated rings. The van der Waals surface area contributed by atoms with Crippen molar-refractivity contribution in [2.75, 3.05) is 6.54 Å². The van der Waals surface area contributed by atoms with Gasteiger partial charge in [-0.3, -0.25) is 14.4 Å². The number of amides is 1. The smallest absolute Gasteiger partial charge is 0.261 e. The number of ether oxygens (including phenoxy) is 1. The standard InChI is InChI=1S/C27H28N2O4/c1-27(2)15-23-21(24(30)16-27)14-22(26(32)29-23)25(31)28-13-12-18-8-10-20(11-9-18)33-17-19-6-4-3-5-7-19/h3-11,14H,12-13,15-17H2,1-2H3,(H,28,31)(H,29,32). The average Bonchev–Trinajstić information content (AvgIpc) is 2.78. The van der Waals surface area contributed by atoms with E-state index in [0.717, 1.165) is 16.9 Å². The molecule has 6 heteroatoms. The molecule has 0 saturated heterocycles. The maximum absolute atomic E-state index is 12.6. The van der Waals surface area contributed by atoms with Crippen LogP contribution >= 0.6 is 0 Å². The summed E-state index contributed by atoms with van der Waals surface area (Å²) in [6, 6.07) is 19.1. The molecule has 2 N–H and O–H groups in total. The van der Waals surface area contributed by atoms with Crippen molar-refractivity contribution in [3.05, 3.63) is 99.0 Å². The van der Waals surface area contributed by atoms with Crippen LogP contribution in [0.5, 0.6) is 5.75 Å². The number of H-pyrrole nitrogens is 1. The Morgan fingerprint density at radius 3 is 2.45 bits per heavy atom. The van der Waals surface area contributed by atoms with Crippen LogP contribution < -0.4 is 15.6 Å². The summed E-state index contributed by atoms with van der Waals surface area (Å²) in [6.07, 6.45) is 1.62. The summed E-state index contributed by atoms with van der Waals surface area (Å²) in [4.78, 5) is 40.3. The SMILES string of the molecule is CC1(C)CC(=O)c2cc(C(=O)NCCc3ccc(OCc4ccccc4)cc3)c(=O)[nH]c2C1. The zero-order chi connectivity index (χ0) is 23.4. The van der Waals surface area contributed by atoms with Gasteiger partial charge in [-0.05, 0) is 47.6 Å². The Morgan fingerprint density at radius 2 is 1.73 bits per heavy atom. The highest BCUT2D eigenvalue weighted by Gasteiger charge is 2.32. The van der Waals surface area contributed by atoms with E-state index >= 15 is 0 Å². The van der Waals surface area contributed by atoms with Crippen LogP contribution in [0.25, 0.3) is 0 Å². The highest BCUT2D eigenvalue weighted by molar-refractivity contribution is 6.02. The molecule has 1 aliphatic rings. The van der Waals surface area contributed by atoms with E-state index in [1.807, 2.05) is 68.4 Å². The highest BCUT2D eigenvalue weighted by atomic mass is 16.5. The molecule has 0 bridgehead atoms. The fourth-order valence-electron chi connectivity index (χ4n) is 4.11. The molecule has 3 aromatic rings. The van der Waals surface area contributed by atoms with Gasteiger partial charge in [0.1, 0.15) is 17.9 Å². The van der Waals surface area contributed by atoms with Gasteiger partial charge in [-0.1, -0.05) is 56.3 Å². The Balaban J connectivity index is 1.32. The summed E-state index contributed by atoms with van der Waals surface area (Å²) < 4.78 is 5.79. The largest absolute Gasteiger partial charge is 0.489 e. The van der Waals surface area contributed by atoms with Gasteiger partial charge in [0.15, 0.2) is 5.78 Å². The van der Waals surface area contributed by atoms with Crippen LogP contribution in [0.15, 0.2) is 65.5 Å². The van der Waals surface area contributed by atoms with Crippen LogP contribution in [-0.4, -0.2) is 23.2 Å². The van der Waals surface area contributed by atoms with E-state index in [1.165, 1.54) is 6.07 Å². The molecule has 1 heterocycles. The third kappa shape index (κ3) is 5.58. The second-order valence-electron chi connectivity index (χ2n) is 9.27. The fourth-order valence-corrected chi connectivity index (χ4v) is 4.11. The van der Waals surface area contributed by atoms with Gasteiger partial charge in [-0.2, -0.15) is 0 Å². The molecular weight excluding hydrogens is 416 g/mol. The molecule has 0 atom stereocenters. The Labute approximate surface area is 193 Å². The van der Waals surface area contributed by atoms with Gasteiger partial charge in [-0.25, -0.2) is 0 Å². The van der Waals surface area contributed by atoms with Crippen molar-refractivity contribution in [1.82, 2.24) is 10.3 Å². The molecule has 4 rings (SSSR count). The number of Topliss-reactive ketones (excluding diaryl/α,β-unsaturated/α-hetero) is 1. The van der Waals surface area contributed by atoms with Crippen molar-refractivity contribution in [2.45, 2.75) is 39.7 Å². The van der Waals surface area contributed by atoms with E-state index in [4.69, 9.17) is 4.74 Å². The summed E-state index contributed by atoms with van der Waals surface area (Å²) in [7, 11) is 0. The van der Waals surface area contributed by atoms with E-state index in [0.29, 0.717) is 43.7 Å². The highest BCUT2D eigenvalue weighted by Crippen LogP contribution is 2.33. The van der Waals surface area contributed by atoms with Crippen LogP contribution in [0.1, 0.15) is 57.8 Å². The van der Waals surface area contributed by atoms with Crippen LogP contribution in [0.4, 0.5) is 0 Å². The number of hydrogen-bond donors (Lipinski definition) is 2. The number of aromatic nitrogens is 1. The summed E-state index contributed by atoms with van der Waals surface area (Å²) in [5.41, 5.74) is 2.53. The molecule has 1 aliphatic carbocycles. The van der Waals surface area contributed by atoms with E-state index in [9.17, 15) is 14.4 Å². The molecule has 6 nitrogen and oxygen atoms in total. The molecule has 0 aliphatic heterocycles. The average molecular weight is 445 g/mol. The van der Waals surface area contributed by atoms with Crippen LogP contribution in [0.2, 0.25) is 0 Å². The molecule has 0 spiro atoms. The minimum absolute atomic E-state index is 0.0218. The Morgan fingerprint density at radius 1 is 1.00 bits per heavy atom. The number of hydrogen-bond acceptors (Lipinski definition) is 4. The monoisotopic (exact) mass is 444 g/mol. The van der Waals surface area contributed by atoms with Crippen molar-refractivity contribution in [3.63, 3.8) is 0 Å². The van der Waals surface area contributed by atoms with E-state index in [-0.39, 0.29) is 16.8 Å². The van der Waals surface area contributed by atoms with Crippen molar-refractivity contribution in [3.8, 4) is 5.75 Å². The van der Waals surface area contributed by atoms with Gasteiger partial charge in [0, 0.05) is 24.2 Å². The summed E-state index contributed by atoms with van der Waals surface area (Å²) >= 11 is 0. The van der Waals surface area contributed by atoms with Crippen LogP contribution in [0, 0.1) is 5.41 Å². The Bertz CT molecular complexity index is 1210. The predicted octanol–water partition coefficient (Wildman–Crippen LogP) is 4.08. The molecule has 0 radical (unpaired) electrons. The number of carbonyl (C=O) groups is 2. The molecule has 0 unspecified atom stereocenters. The normalized spacial score (nSPS) is 14.4. The van der Waals surface area contributed by atoms with Crippen molar-refractivity contribution in [2.24, 2.45) is 5.41 Å². The van der Waals surface area contributed by atoms with Crippen molar-refractivity contribution < 1.29 is 14.3 Å². The zero-order valence-corrected chi connectivity index (χ0v) is 18.9. The third-order valence-corrected chi connectivity index (χ3v) is 5.83. The Hall–Kier alpha value is -3.67. The topological polar surface area (TPSA) is 88.3 Å². The second kappa shape index (κ2) is 9.45. The van der Waals surface area contributed by atoms with Crippen molar-refractivity contribution >= 4 is 11.7 Å². The first-order chi connectivity index (χ1) is 15.8. The van der Waals surface area contributed by atoms with Gasteiger partial charge in [0.25, 0.3) is 11.5 Å². The van der Waals surface area contributed by atoms with Gasteiger partial charge in [0.05, 0.1) is 0 Å². The lowest BCUT2D eigenvalue weighted by Gasteiger charge is -2.29. The fraction of sp³-hybridized carbons (Fsp3) is 0.296. The maximum Gasteiger partial charge on any atom is 0.261 e. The molecule has 33 heavy (non-hydrogen) atoms. The van der Waals surface area contributed by atoms with E-state index in [2.05, 4.69) is 10.3 Å². The lowest BCUT2D eigenvalue weighted by Crippen LogP contribution is -2.35. The van der Waals surface area contributed by atoms with Gasteiger partial charge in [0.2, 0.25) is 0 Å². The van der Waals surface area contributed by atoms with E-state index < -0.39 is 11.5 Å². The number of carbonyl (C=O) groups excluding carboxylic acids is 2. The second-order valence-corrected chi connectivity index (χ2v) is 9.27. The molecule has 0 saturated carbocycles. The number of fused-ring (bicyclic) bond motifs is 1. The molecule has 2 aromatic carbocycles.